The topological polar surface area (TPSA) is 46.6 Å². The van der Waals surface area contributed by atoms with E-state index in [1.54, 1.807) is 18.9 Å². The second-order valence-electron chi connectivity index (χ2n) is 5.85. The summed E-state index contributed by atoms with van der Waals surface area (Å²) in [6.45, 7) is 7.03. The van der Waals surface area contributed by atoms with Crippen molar-refractivity contribution in [2.24, 2.45) is 5.41 Å². The fourth-order valence-electron chi connectivity index (χ4n) is 2.31. The minimum atomic E-state index is -0.885. The quantitative estimate of drug-likeness (QED) is 0.774. The smallest absolute Gasteiger partial charge is 0.331 e. The zero-order valence-electron chi connectivity index (χ0n) is 12.3. The summed E-state index contributed by atoms with van der Waals surface area (Å²) in [5.74, 6) is -0.852. The zero-order valence-corrected chi connectivity index (χ0v) is 12.3. The van der Waals surface area contributed by atoms with Crippen LogP contribution in [0.4, 0.5) is 0 Å². The number of nitrogens with zero attached hydrogens (tertiary/aromatic N) is 1. The van der Waals surface area contributed by atoms with Gasteiger partial charge >= 0.3 is 5.97 Å². The van der Waals surface area contributed by atoms with Gasteiger partial charge in [-0.2, -0.15) is 0 Å². The van der Waals surface area contributed by atoms with Crippen LogP contribution in [0.3, 0.4) is 0 Å². The molecule has 1 saturated heterocycles. The van der Waals surface area contributed by atoms with Gasteiger partial charge in [0.05, 0.1) is 11.3 Å². The molecule has 2 rings (SSSR count). The van der Waals surface area contributed by atoms with E-state index in [0.29, 0.717) is 0 Å². The zero-order chi connectivity index (χ0) is 14.8. The fourth-order valence-corrected chi connectivity index (χ4v) is 2.31. The van der Waals surface area contributed by atoms with Crippen LogP contribution >= 0.6 is 0 Å². The summed E-state index contributed by atoms with van der Waals surface area (Å²) in [5, 5.41) is 1.64. The summed E-state index contributed by atoms with van der Waals surface area (Å²) in [7, 11) is 0. The second-order valence-corrected chi connectivity index (χ2v) is 5.85. The van der Waals surface area contributed by atoms with E-state index in [9.17, 15) is 9.59 Å². The minimum Gasteiger partial charge on any atom is -0.367 e. The van der Waals surface area contributed by atoms with Crippen LogP contribution < -0.4 is 0 Å². The lowest BCUT2D eigenvalue weighted by atomic mass is 9.74. The Kier molecular flexibility index (Phi) is 4.23. The Labute approximate surface area is 119 Å². The van der Waals surface area contributed by atoms with Gasteiger partial charge in [-0.15, -0.1) is 5.06 Å². The lowest BCUT2D eigenvalue weighted by Gasteiger charge is -2.35. The molecule has 0 aliphatic carbocycles. The average molecular weight is 275 g/mol. The van der Waals surface area contributed by atoms with Crippen LogP contribution in [0.1, 0.15) is 37.3 Å². The Balaban J connectivity index is 2.22. The molecule has 0 amide bonds. The molecule has 0 aromatic heterocycles. The maximum absolute atomic E-state index is 12.3. The van der Waals surface area contributed by atoms with Gasteiger partial charge < -0.3 is 9.63 Å². The summed E-state index contributed by atoms with van der Waals surface area (Å²) in [5.41, 5.74) is 1.01. The van der Waals surface area contributed by atoms with E-state index in [1.807, 2.05) is 31.2 Å². The van der Waals surface area contributed by atoms with E-state index in [0.717, 1.165) is 36.9 Å². The van der Waals surface area contributed by atoms with Crippen LogP contribution in [0.5, 0.6) is 0 Å². The Bertz CT molecular complexity index is 506. The molecule has 1 heterocycles. The van der Waals surface area contributed by atoms with Gasteiger partial charge in [0.1, 0.15) is 6.29 Å². The molecule has 0 N–H and O–H groups in total. The van der Waals surface area contributed by atoms with Crippen LogP contribution in [0.15, 0.2) is 24.3 Å². The second kappa shape index (κ2) is 5.75. The highest BCUT2D eigenvalue weighted by molar-refractivity contribution is 5.83. The van der Waals surface area contributed by atoms with Gasteiger partial charge in [0.25, 0.3) is 0 Å². The van der Waals surface area contributed by atoms with Crippen LogP contribution in [-0.4, -0.2) is 30.4 Å². The molecule has 4 heteroatoms. The number of benzene rings is 1. The van der Waals surface area contributed by atoms with Gasteiger partial charge in [-0.25, -0.2) is 4.79 Å². The first-order chi connectivity index (χ1) is 9.46. The predicted octanol–water partition coefficient (Wildman–Crippen LogP) is 2.47. The molecule has 1 aromatic carbocycles. The van der Waals surface area contributed by atoms with Crippen LogP contribution in [0.2, 0.25) is 0 Å². The molecular formula is C16H21NO3. The molecule has 1 aromatic rings. The molecule has 0 spiro atoms. The van der Waals surface area contributed by atoms with Gasteiger partial charge in [-0.3, -0.25) is 0 Å². The number of hydrogen-bond acceptors (Lipinski definition) is 4. The van der Waals surface area contributed by atoms with Crippen molar-refractivity contribution in [1.82, 2.24) is 5.06 Å². The van der Waals surface area contributed by atoms with Crippen LogP contribution in [0.25, 0.3) is 0 Å². The highest BCUT2D eigenvalue weighted by atomic mass is 16.7. The molecule has 20 heavy (non-hydrogen) atoms. The lowest BCUT2D eigenvalue weighted by molar-refractivity contribution is -0.218. The van der Waals surface area contributed by atoms with Crippen molar-refractivity contribution in [2.45, 2.75) is 33.1 Å². The maximum atomic E-state index is 12.3. The summed E-state index contributed by atoms with van der Waals surface area (Å²) < 4.78 is 0. The fraction of sp³-hybridized carbons (Fsp3) is 0.500. The predicted molar refractivity (Wildman–Crippen MR) is 76.0 cm³/mol. The number of aryl methyl sites for hydroxylation is 1. The third-order valence-electron chi connectivity index (χ3n) is 3.99. The van der Waals surface area contributed by atoms with Crippen molar-refractivity contribution in [3.8, 4) is 0 Å². The first-order valence-corrected chi connectivity index (χ1v) is 6.95. The SMILES string of the molecule is Cc1ccccc1C(C=O)C(C)(C)C(=O)ON1CCC1. The number of rotatable bonds is 5. The first-order valence-electron chi connectivity index (χ1n) is 6.95. The van der Waals surface area contributed by atoms with Crippen LogP contribution in [-0.2, 0) is 14.4 Å². The molecule has 108 valence electrons. The maximum Gasteiger partial charge on any atom is 0.331 e. The minimum absolute atomic E-state index is 0.349. The number of carbonyl (C=O) groups is 2. The number of hydroxylamine groups is 2. The molecule has 1 unspecified atom stereocenters. The summed E-state index contributed by atoms with van der Waals surface area (Å²) >= 11 is 0. The van der Waals surface area contributed by atoms with Gasteiger partial charge in [0.15, 0.2) is 0 Å². The molecule has 4 nitrogen and oxygen atoms in total. The van der Waals surface area contributed by atoms with Crippen molar-refractivity contribution in [1.29, 1.82) is 0 Å². The Hall–Kier alpha value is -1.68. The Morgan fingerprint density at radius 2 is 2.00 bits per heavy atom. The van der Waals surface area contributed by atoms with Gasteiger partial charge in [-0.05, 0) is 38.3 Å². The average Bonchev–Trinajstić information content (AvgIpc) is 2.36. The monoisotopic (exact) mass is 275 g/mol. The van der Waals surface area contributed by atoms with Crippen molar-refractivity contribution in [2.75, 3.05) is 13.1 Å². The highest BCUT2D eigenvalue weighted by Crippen LogP contribution is 2.37. The van der Waals surface area contributed by atoms with E-state index in [-0.39, 0.29) is 5.97 Å². The standard InChI is InChI=1S/C16H21NO3/c1-12-7-4-5-8-13(12)14(11-18)16(2,3)15(19)20-17-9-6-10-17/h4-5,7-8,11,14H,6,9-10H2,1-3H3. The molecule has 1 fully saturated rings. The van der Waals surface area contributed by atoms with Gasteiger partial charge in [-0.1, -0.05) is 24.3 Å². The van der Waals surface area contributed by atoms with Crippen molar-refractivity contribution < 1.29 is 14.4 Å². The number of hydrogen-bond donors (Lipinski definition) is 0. The Morgan fingerprint density at radius 1 is 1.35 bits per heavy atom. The largest absolute Gasteiger partial charge is 0.367 e. The van der Waals surface area contributed by atoms with E-state index < -0.39 is 11.3 Å². The van der Waals surface area contributed by atoms with Gasteiger partial charge in [0, 0.05) is 13.1 Å². The number of aldehydes is 1. The molecule has 0 saturated carbocycles. The summed E-state index contributed by atoms with van der Waals surface area (Å²) in [4.78, 5) is 29.2. The highest BCUT2D eigenvalue weighted by Gasteiger charge is 2.41. The molecule has 1 aliphatic rings. The van der Waals surface area contributed by atoms with Crippen molar-refractivity contribution in [3.63, 3.8) is 0 Å². The first kappa shape index (κ1) is 14.7. The van der Waals surface area contributed by atoms with E-state index in [2.05, 4.69) is 0 Å². The van der Waals surface area contributed by atoms with Crippen LogP contribution in [0, 0.1) is 12.3 Å². The van der Waals surface area contributed by atoms with Crippen molar-refractivity contribution in [3.05, 3.63) is 35.4 Å². The van der Waals surface area contributed by atoms with E-state index in [1.165, 1.54) is 0 Å². The molecule has 0 radical (unpaired) electrons. The molecular weight excluding hydrogens is 254 g/mol. The third-order valence-corrected chi connectivity index (χ3v) is 3.99. The van der Waals surface area contributed by atoms with E-state index in [4.69, 9.17) is 4.84 Å². The number of carbonyl (C=O) groups excluding carboxylic acids is 2. The molecule has 0 bridgehead atoms. The molecule has 1 atom stereocenters. The molecule has 1 aliphatic heterocycles. The summed E-state index contributed by atoms with van der Waals surface area (Å²) in [6.07, 6.45) is 1.89. The normalized spacial score (nSPS) is 17.1. The lowest BCUT2D eigenvalue weighted by Crippen LogP contribution is -2.44. The third kappa shape index (κ3) is 2.75. The summed E-state index contributed by atoms with van der Waals surface area (Å²) in [6, 6.07) is 7.65. The Morgan fingerprint density at radius 3 is 2.50 bits per heavy atom. The van der Waals surface area contributed by atoms with E-state index >= 15 is 0 Å². The van der Waals surface area contributed by atoms with Crippen molar-refractivity contribution >= 4 is 12.3 Å². The van der Waals surface area contributed by atoms with Gasteiger partial charge in [0.2, 0.25) is 0 Å².